The van der Waals surface area contributed by atoms with Crippen molar-refractivity contribution < 1.29 is 4.79 Å². The summed E-state index contributed by atoms with van der Waals surface area (Å²) in [5.41, 5.74) is 3.96. The number of hydrogen-bond acceptors (Lipinski definition) is 3. The topological polar surface area (TPSA) is 42.0 Å². The molecule has 0 saturated carbocycles. The predicted molar refractivity (Wildman–Crippen MR) is 69.5 cm³/mol. The summed E-state index contributed by atoms with van der Waals surface area (Å²) in [6, 6.07) is 9.57. The first-order valence-corrected chi connectivity index (χ1v) is 6.12. The summed E-state index contributed by atoms with van der Waals surface area (Å²) in [4.78, 5) is 16.3. The molecule has 0 aliphatic carbocycles. The third kappa shape index (κ3) is 2.05. The second-order valence-corrected chi connectivity index (χ2v) is 4.48. The zero-order valence-corrected chi connectivity index (χ0v) is 10.0. The number of carbonyl (C=O) groups excluding carboxylic acids is 1. The van der Waals surface area contributed by atoms with Gasteiger partial charge in [-0.05, 0) is 42.3 Å². The van der Waals surface area contributed by atoms with Gasteiger partial charge in [-0.3, -0.25) is 9.78 Å². The molecule has 0 amide bonds. The van der Waals surface area contributed by atoms with Crippen LogP contribution in [0.5, 0.6) is 0 Å². The van der Waals surface area contributed by atoms with Gasteiger partial charge >= 0.3 is 0 Å². The van der Waals surface area contributed by atoms with Gasteiger partial charge in [-0.1, -0.05) is 12.1 Å². The molecule has 1 N–H and O–H groups in total. The van der Waals surface area contributed by atoms with Gasteiger partial charge in [0, 0.05) is 30.1 Å². The van der Waals surface area contributed by atoms with Crippen molar-refractivity contribution in [3.63, 3.8) is 0 Å². The molecule has 1 aliphatic heterocycles. The van der Waals surface area contributed by atoms with Crippen molar-refractivity contribution >= 4 is 5.78 Å². The lowest BCUT2D eigenvalue weighted by Crippen LogP contribution is -2.23. The molecule has 3 rings (SSSR count). The second kappa shape index (κ2) is 4.70. The Morgan fingerprint density at radius 2 is 2.11 bits per heavy atom. The normalized spacial score (nSPS) is 14.0. The Morgan fingerprint density at radius 3 is 2.94 bits per heavy atom. The van der Waals surface area contributed by atoms with Gasteiger partial charge < -0.3 is 5.32 Å². The van der Waals surface area contributed by atoms with Gasteiger partial charge in [0.1, 0.15) is 0 Å². The van der Waals surface area contributed by atoms with Crippen molar-refractivity contribution in [3.8, 4) is 0 Å². The molecule has 0 radical (unpaired) electrons. The van der Waals surface area contributed by atoms with Gasteiger partial charge in [0.15, 0.2) is 5.78 Å². The van der Waals surface area contributed by atoms with E-state index in [1.807, 2.05) is 12.1 Å². The molecule has 2 heterocycles. The number of benzene rings is 1. The average molecular weight is 238 g/mol. The highest BCUT2D eigenvalue weighted by atomic mass is 16.1. The molecule has 0 saturated heterocycles. The lowest BCUT2D eigenvalue weighted by atomic mass is 9.95. The summed E-state index contributed by atoms with van der Waals surface area (Å²) in [5, 5.41) is 3.32. The van der Waals surface area contributed by atoms with E-state index in [1.165, 1.54) is 11.1 Å². The summed E-state index contributed by atoms with van der Waals surface area (Å²) in [6.45, 7) is 1.87. The van der Waals surface area contributed by atoms with Gasteiger partial charge in [-0.25, -0.2) is 0 Å². The minimum atomic E-state index is 0.0384. The summed E-state index contributed by atoms with van der Waals surface area (Å²) in [7, 11) is 0. The molecule has 18 heavy (non-hydrogen) atoms. The Balaban J connectivity index is 1.95. The van der Waals surface area contributed by atoms with Crippen LogP contribution < -0.4 is 5.32 Å². The maximum Gasteiger partial charge on any atom is 0.194 e. The highest BCUT2D eigenvalue weighted by Crippen LogP contribution is 2.18. The number of carbonyl (C=O) groups is 1. The molecule has 3 heteroatoms. The largest absolute Gasteiger partial charge is 0.312 e. The first-order valence-electron chi connectivity index (χ1n) is 6.12. The van der Waals surface area contributed by atoms with Crippen LogP contribution in [0, 0.1) is 0 Å². The first-order chi connectivity index (χ1) is 8.84. The van der Waals surface area contributed by atoms with Crippen molar-refractivity contribution in [1.82, 2.24) is 10.3 Å². The maximum atomic E-state index is 12.3. The van der Waals surface area contributed by atoms with Crippen LogP contribution in [0.4, 0.5) is 0 Å². The molecular weight excluding hydrogens is 224 g/mol. The lowest BCUT2D eigenvalue weighted by molar-refractivity contribution is 0.103. The monoisotopic (exact) mass is 238 g/mol. The minimum Gasteiger partial charge on any atom is -0.312 e. The predicted octanol–water partition coefficient (Wildman–Crippen LogP) is 1.96. The van der Waals surface area contributed by atoms with E-state index in [9.17, 15) is 4.79 Å². The highest BCUT2D eigenvalue weighted by Gasteiger charge is 2.13. The zero-order valence-electron chi connectivity index (χ0n) is 10.0. The highest BCUT2D eigenvalue weighted by molar-refractivity contribution is 6.08. The van der Waals surface area contributed by atoms with Crippen LogP contribution >= 0.6 is 0 Å². The van der Waals surface area contributed by atoms with Crippen molar-refractivity contribution in [1.29, 1.82) is 0 Å². The smallest absolute Gasteiger partial charge is 0.194 e. The van der Waals surface area contributed by atoms with Crippen molar-refractivity contribution in [2.45, 2.75) is 13.0 Å². The van der Waals surface area contributed by atoms with E-state index in [-0.39, 0.29) is 5.78 Å². The fourth-order valence-corrected chi connectivity index (χ4v) is 2.29. The van der Waals surface area contributed by atoms with Crippen LogP contribution in [-0.2, 0) is 13.0 Å². The Hall–Kier alpha value is -2.00. The summed E-state index contributed by atoms with van der Waals surface area (Å²) < 4.78 is 0. The molecule has 0 atom stereocenters. The Bertz CT molecular complexity index is 578. The number of hydrogen-bond donors (Lipinski definition) is 1. The number of fused-ring (bicyclic) bond motifs is 1. The van der Waals surface area contributed by atoms with E-state index >= 15 is 0 Å². The van der Waals surface area contributed by atoms with Gasteiger partial charge in [0.05, 0.1) is 0 Å². The van der Waals surface area contributed by atoms with Crippen LogP contribution in [0.2, 0.25) is 0 Å². The lowest BCUT2D eigenvalue weighted by Gasteiger charge is -2.17. The van der Waals surface area contributed by atoms with Gasteiger partial charge in [-0.15, -0.1) is 0 Å². The molecule has 1 aromatic heterocycles. The van der Waals surface area contributed by atoms with Gasteiger partial charge in [0.2, 0.25) is 0 Å². The zero-order chi connectivity index (χ0) is 12.4. The molecule has 0 unspecified atom stereocenters. The molecule has 0 bridgehead atoms. The molecule has 90 valence electrons. The van der Waals surface area contributed by atoms with Crippen LogP contribution in [-0.4, -0.2) is 17.3 Å². The molecule has 0 spiro atoms. The summed E-state index contributed by atoms with van der Waals surface area (Å²) in [5.74, 6) is 0.0384. The van der Waals surface area contributed by atoms with E-state index in [0.29, 0.717) is 5.56 Å². The summed E-state index contributed by atoms with van der Waals surface area (Å²) in [6.07, 6.45) is 4.32. The van der Waals surface area contributed by atoms with Crippen LogP contribution in [0.1, 0.15) is 27.0 Å². The molecule has 3 nitrogen and oxygen atoms in total. The van der Waals surface area contributed by atoms with Crippen LogP contribution in [0.3, 0.4) is 0 Å². The fourth-order valence-electron chi connectivity index (χ4n) is 2.29. The molecular formula is C15H14N2O. The first kappa shape index (κ1) is 11.1. The molecule has 2 aromatic rings. The molecule has 1 aromatic carbocycles. The average Bonchev–Trinajstić information content (AvgIpc) is 2.47. The molecule has 1 aliphatic rings. The van der Waals surface area contributed by atoms with Crippen LogP contribution in [0.15, 0.2) is 42.7 Å². The third-order valence-corrected chi connectivity index (χ3v) is 3.28. The Labute approximate surface area is 106 Å². The Kier molecular flexibility index (Phi) is 2.90. The maximum absolute atomic E-state index is 12.3. The van der Waals surface area contributed by atoms with Crippen molar-refractivity contribution in [2.75, 3.05) is 6.54 Å². The summed E-state index contributed by atoms with van der Waals surface area (Å²) >= 11 is 0. The standard InChI is InChI=1S/C15H14N2O/c18-15(13-2-1-6-16-9-13)12-4-3-11-5-7-17-10-14(11)8-12/h1-4,6,8-9,17H,5,7,10H2. The number of pyridine rings is 1. The number of aromatic nitrogens is 1. The van der Waals surface area contributed by atoms with Crippen LogP contribution in [0.25, 0.3) is 0 Å². The van der Waals surface area contributed by atoms with Crippen molar-refractivity contribution in [3.05, 3.63) is 65.0 Å². The number of ketones is 1. The van der Waals surface area contributed by atoms with E-state index in [4.69, 9.17) is 0 Å². The second-order valence-electron chi connectivity index (χ2n) is 4.48. The SMILES string of the molecule is O=C(c1cccnc1)c1ccc2c(c1)CNCC2. The molecule has 0 fully saturated rings. The van der Waals surface area contributed by atoms with E-state index in [2.05, 4.69) is 16.4 Å². The number of nitrogens with one attached hydrogen (secondary N) is 1. The Morgan fingerprint density at radius 1 is 1.17 bits per heavy atom. The van der Waals surface area contributed by atoms with Gasteiger partial charge in [0.25, 0.3) is 0 Å². The number of rotatable bonds is 2. The van der Waals surface area contributed by atoms with E-state index < -0.39 is 0 Å². The van der Waals surface area contributed by atoms with Crippen molar-refractivity contribution in [2.24, 2.45) is 0 Å². The van der Waals surface area contributed by atoms with E-state index in [1.54, 1.807) is 24.5 Å². The fraction of sp³-hybridized carbons (Fsp3) is 0.200. The third-order valence-electron chi connectivity index (χ3n) is 3.28. The number of nitrogens with zero attached hydrogens (tertiary/aromatic N) is 1. The van der Waals surface area contributed by atoms with Gasteiger partial charge in [-0.2, -0.15) is 0 Å². The minimum absolute atomic E-state index is 0.0384. The van der Waals surface area contributed by atoms with E-state index in [0.717, 1.165) is 25.1 Å². The quantitative estimate of drug-likeness (QED) is 0.813.